The molecule has 2 amide bonds. The Labute approximate surface area is 181 Å². The normalized spacial score (nSPS) is 13.6. The van der Waals surface area contributed by atoms with Gasteiger partial charge in [-0.3, -0.25) is 9.59 Å². The first-order valence-electron chi connectivity index (χ1n) is 9.64. The third kappa shape index (κ3) is 7.16. The number of nitrogens with one attached hydrogen (secondary N) is 3. The van der Waals surface area contributed by atoms with E-state index >= 15 is 0 Å². The van der Waals surface area contributed by atoms with Crippen molar-refractivity contribution in [1.29, 1.82) is 0 Å². The van der Waals surface area contributed by atoms with E-state index in [1.165, 1.54) is 23.9 Å². The van der Waals surface area contributed by atoms with Crippen LogP contribution in [-0.4, -0.2) is 37.8 Å². The molecule has 7 nitrogen and oxygen atoms in total. The van der Waals surface area contributed by atoms with Crippen molar-refractivity contribution in [3.05, 3.63) is 59.7 Å². The van der Waals surface area contributed by atoms with Crippen LogP contribution in [0.1, 0.15) is 24.0 Å². The van der Waals surface area contributed by atoms with Crippen LogP contribution in [0, 0.1) is 6.92 Å². The maximum absolute atomic E-state index is 12.1. The minimum absolute atomic E-state index is 0.0605. The molecule has 0 aromatic heterocycles. The molecule has 3 rings (SSSR count). The number of rotatable bonds is 10. The second kappa shape index (κ2) is 10.1. The van der Waals surface area contributed by atoms with E-state index in [2.05, 4.69) is 15.4 Å². The molecule has 0 radical (unpaired) electrons. The molecule has 1 aliphatic rings. The summed E-state index contributed by atoms with van der Waals surface area (Å²) in [5.41, 5.74) is 2.60. The fourth-order valence-electron chi connectivity index (χ4n) is 2.68. The van der Waals surface area contributed by atoms with Crippen LogP contribution >= 0.6 is 11.8 Å². The molecule has 0 bridgehead atoms. The molecule has 0 aliphatic heterocycles. The molecule has 1 aliphatic carbocycles. The van der Waals surface area contributed by atoms with Crippen LogP contribution in [0.15, 0.2) is 53.4 Å². The van der Waals surface area contributed by atoms with E-state index in [1.54, 1.807) is 12.1 Å². The Hall–Kier alpha value is -2.36. The van der Waals surface area contributed by atoms with Crippen molar-refractivity contribution < 1.29 is 18.0 Å². The van der Waals surface area contributed by atoms with Gasteiger partial charge in [-0.2, -0.15) is 0 Å². The van der Waals surface area contributed by atoms with Crippen molar-refractivity contribution in [3.8, 4) is 0 Å². The van der Waals surface area contributed by atoms with Gasteiger partial charge in [0.25, 0.3) is 0 Å². The Morgan fingerprint density at radius 3 is 2.40 bits per heavy atom. The molecule has 0 unspecified atom stereocenters. The summed E-state index contributed by atoms with van der Waals surface area (Å²) >= 11 is 1.23. The van der Waals surface area contributed by atoms with Crippen LogP contribution in [0.25, 0.3) is 0 Å². The molecule has 0 spiro atoms. The Morgan fingerprint density at radius 2 is 1.73 bits per heavy atom. The minimum Gasteiger partial charge on any atom is -0.351 e. The molecule has 0 atom stereocenters. The van der Waals surface area contributed by atoms with Gasteiger partial charge in [-0.05, 0) is 55.2 Å². The number of thioether (sulfide) groups is 1. The standard InChI is InChI=1S/C21H25N3O4S2/c1-15-3-2-4-18(11-15)23-21(26)14-29-13-20(25)22-12-16-5-9-19(10-6-16)30(27,28)24-17-7-8-17/h2-6,9-11,17,24H,7-8,12-14H2,1H3,(H,22,25)(H,23,26). The first-order valence-corrected chi connectivity index (χ1v) is 12.3. The van der Waals surface area contributed by atoms with Gasteiger partial charge in [-0.25, -0.2) is 13.1 Å². The largest absolute Gasteiger partial charge is 0.351 e. The molecule has 2 aromatic rings. The predicted molar refractivity (Wildman–Crippen MR) is 119 cm³/mol. The van der Waals surface area contributed by atoms with Crippen molar-refractivity contribution in [2.45, 2.75) is 37.2 Å². The highest BCUT2D eigenvalue weighted by Gasteiger charge is 2.27. The second-order valence-corrected chi connectivity index (χ2v) is 9.93. The molecule has 3 N–H and O–H groups in total. The van der Waals surface area contributed by atoms with Gasteiger partial charge >= 0.3 is 0 Å². The van der Waals surface area contributed by atoms with Gasteiger partial charge in [0.05, 0.1) is 16.4 Å². The number of hydrogen-bond donors (Lipinski definition) is 3. The van der Waals surface area contributed by atoms with Crippen molar-refractivity contribution in [2.75, 3.05) is 16.8 Å². The average molecular weight is 448 g/mol. The van der Waals surface area contributed by atoms with E-state index in [-0.39, 0.29) is 34.3 Å². The lowest BCUT2D eigenvalue weighted by atomic mass is 10.2. The number of sulfonamides is 1. The first kappa shape index (κ1) is 22.3. The first-order chi connectivity index (χ1) is 14.3. The predicted octanol–water partition coefficient (Wildman–Crippen LogP) is 2.42. The Kier molecular flexibility index (Phi) is 7.52. The molecule has 0 saturated heterocycles. The van der Waals surface area contributed by atoms with Crippen molar-refractivity contribution >= 4 is 39.3 Å². The third-order valence-corrected chi connectivity index (χ3v) is 6.86. The topological polar surface area (TPSA) is 104 Å². The summed E-state index contributed by atoms with van der Waals surface area (Å²) in [7, 11) is -3.47. The van der Waals surface area contributed by atoms with Gasteiger partial charge < -0.3 is 10.6 Å². The maximum atomic E-state index is 12.1. The van der Waals surface area contributed by atoms with Crippen molar-refractivity contribution in [3.63, 3.8) is 0 Å². The number of carbonyl (C=O) groups is 2. The van der Waals surface area contributed by atoms with Gasteiger partial charge in [0.1, 0.15) is 0 Å². The number of benzene rings is 2. The number of amides is 2. The summed E-state index contributed by atoms with van der Waals surface area (Å²) < 4.78 is 26.9. The van der Waals surface area contributed by atoms with Gasteiger partial charge in [0.2, 0.25) is 21.8 Å². The summed E-state index contributed by atoms with van der Waals surface area (Å²) in [6, 6.07) is 14.0. The van der Waals surface area contributed by atoms with E-state index in [1.807, 2.05) is 31.2 Å². The zero-order valence-electron chi connectivity index (χ0n) is 16.7. The van der Waals surface area contributed by atoms with E-state index < -0.39 is 10.0 Å². The molecule has 0 heterocycles. The van der Waals surface area contributed by atoms with Crippen molar-refractivity contribution in [2.24, 2.45) is 0 Å². The lowest BCUT2D eigenvalue weighted by molar-refractivity contribution is -0.118. The summed E-state index contributed by atoms with van der Waals surface area (Å²) in [5.74, 6) is 0.00597. The fourth-order valence-corrected chi connectivity index (χ4v) is 4.64. The number of carbonyl (C=O) groups excluding carboxylic acids is 2. The number of aryl methyl sites for hydroxylation is 1. The molecule has 9 heteroatoms. The highest BCUT2D eigenvalue weighted by Crippen LogP contribution is 2.22. The van der Waals surface area contributed by atoms with Crippen LogP contribution in [0.4, 0.5) is 5.69 Å². The van der Waals surface area contributed by atoms with Crippen LogP contribution in [-0.2, 0) is 26.2 Å². The molecule has 30 heavy (non-hydrogen) atoms. The van der Waals surface area contributed by atoms with Gasteiger partial charge in [-0.1, -0.05) is 24.3 Å². The lowest BCUT2D eigenvalue weighted by Gasteiger charge is -2.08. The van der Waals surface area contributed by atoms with E-state index in [4.69, 9.17) is 0 Å². The van der Waals surface area contributed by atoms with Crippen molar-refractivity contribution in [1.82, 2.24) is 10.0 Å². The lowest BCUT2D eigenvalue weighted by Crippen LogP contribution is -2.26. The molecule has 1 fully saturated rings. The molecule has 160 valence electrons. The van der Waals surface area contributed by atoms with E-state index in [0.717, 1.165) is 29.7 Å². The average Bonchev–Trinajstić information content (AvgIpc) is 3.50. The van der Waals surface area contributed by atoms with Crippen LogP contribution in [0.2, 0.25) is 0 Å². The molecule has 2 aromatic carbocycles. The smallest absolute Gasteiger partial charge is 0.240 e. The molecular weight excluding hydrogens is 422 g/mol. The van der Waals surface area contributed by atoms with Gasteiger partial charge in [-0.15, -0.1) is 11.8 Å². The van der Waals surface area contributed by atoms with E-state index in [9.17, 15) is 18.0 Å². The summed E-state index contributed by atoms with van der Waals surface area (Å²) in [6.07, 6.45) is 1.77. The Morgan fingerprint density at radius 1 is 1.03 bits per heavy atom. The highest BCUT2D eigenvalue weighted by atomic mass is 32.2. The summed E-state index contributed by atoms with van der Waals surface area (Å²) in [6.45, 7) is 2.25. The number of anilines is 1. The maximum Gasteiger partial charge on any atom is 0.240 e. The van der Waals surface area contributed by atoms with Gasteiger partial charge in [0, 0.05) is 18.3 Å². The summed E-state index contributed by atoms with van der Waals surface area (Å²) in [5, 5.41) is 5.58. The highest BCUT2D eigenvalue weighted by molar-refractivity contribution is 8.00. The second-order valence-electron chi connectivity index (χ2n) is 7.23. The molecular formula is C21H25N3O4S2. The SMILES string of the molecule is Cc1cccc(NC(=O)CSCC(=O)NCc2ccc(S(=O)(=O)NC3CC3)cc2)c1. The zero-order valence-corrected chi connectivity index (χ0v) is 18.3. The minimum atomic E-state index is -3.47. The molecule has 1 saturated carbocycles. The summed E-state index contributed by atoms with van der Waals surface area (Å²) in [4.78, 5) is 24.2. The Bertz CT molecular complexity index is 1000. The Balaban J connectivity index is 1.36. The zero-order chi connectivity index (χ0) is 21.6. The van der Waals surface area contributed by atoms with Crippen LogP contribution in [0.3, 0.4) is 0 Å². The van der Waals surface area contributed by atoms with E-state index in [0.29, 0.717) is 6.54 Å². The van der Waals surface area contributed by atoms with Crippen LogP contribution < -0.4 is 15.4 Å². The van der Waals surface area contributed by atoms with Crippen LogP contribution in [0.5, 0.6) is 0 Å². The fraction of sp³-hybridized carbons (Fsp3) is 0.333. The van der Waals surface area contributed by atoms with Gasteiger partial charge in [0.15, 0.2) is 0 Å². The monoisotopic (exact) mass is 447 g/mol. The number of hydrogen-bond acceptors (Lipinski definition) is 5. The quantitative estimate of drug-likeness (QED) is 0.519. The third-order valence-electron chi connectivity index (χ3n) is 4.39.